The van der Waals surface area contributed by atoms with Gasteiger partial charge < -0.3 is 5.73 Å². The highest BCUT2D eigenvalue weighted by Gasteiger charge is 2.12. The second-order valence-electron chi connectivity index (χ2n) is 4.00. The van der Waals surface area contributed by atoms with Crippen LogP contribution in [0.4, 0.5) is 0 Å². The predicted octanol–water partition coefficient (Wildman–Crippen LogP) is 1.37. The van der Waals surface area contributed by atoms with Gasteiger partial charge in [0.15, 0.2) is 0 Å². The van der Waals surface area contributed by atoms with E-state index in [0.717, 1.165) is 13.0 Å². The third-order valence-corrected chi connectivity index (χ3v) is 2.17. The summed E-state index contributed by atoms with van der Waals surface area (Å²) in [6.45, 7) is 9.64. The first kappa shape index (κ1) is 12.4. The van der Waals surface area contributed by atoms with Crippen LogP contribution in [0.1, 0.15) is 40.5 Å². The zero-order valence-corrected chi connectivity index (χ0v) is 9.21. The van der Waals surface area contributed by atoms with Gasteiger partial charge in [0.1, 0.15) is 0 Å². The third-order valence-electron chi connectivity index (χ3n) is 2.17. The van der Waals surface area contributed by atoms with E-state index in [1.165, 1.54) is 0 Å². The number of nitrogens with zero attached hydrogens (tertiary/aromatic N) is 1. The molecule has 0 aliphatic carbocycles. The number of carbonyl (C=O) groups excluding carboxylic acids is 1. The Bertz CT molecular complexity index is 147. The summed E-state index contributed by atoms with van der Waals surface area (Å²) in [6, 6.07) is 1.07. The highest BCUT2D eigenvalue weighted by molar-refractivity contribution is 5.73. The van der Waals surface area contributed by atoms with E-state index in [9.17, 15) is 4.79 Å². The minimum absolute atomic E-state index is 0.201. The Labute approximate surface area is 81.3 Å². The molecule has 78 valence electrons. The predicted molar refractivity (Wildman–Crippen MR) is 55.4 cm³/mol. The first-order valence-electron chi connectivity index (χ1n) is 4.99. The molecule has 0 radical (unpaired) electrons. The molecule has 2 N–H and O–H groups in total. The first-order chi connectivity index (χ1) is 5.95. The molecule has 0 aromatic heterocycles. The number of hydrogen-bond donors (Lipinski definition) is 1. The molecule has 0 aromatic carbocycles. The van der Waals surface area contributed by atoms with E-state index in [2.05, 4.69) is 32.6 Å². The number of amides is 1. The molecule has 13 heavy (non-hydrogen) atoms. The molecule has 0 bridgehead atoms. The molecule has 0 aliphatic heterocycles. The second-order valence-corrected chi connectivity index (χ2v) is 4.00. The smallest absolute Gasteiger partial charge is 0.217 e. The maximum atomic E-state index is 10.5. The summed E-state index contributed by atoms with van der Waals surface area (Å²) < 4.78 is 0. The minimum Gasteiger partial charge on any atom is -0.370 e. The van der Waals surface area contributed by atoms with Gasteiger partial charge in [-0.1, -0.05) is 0 Å². The number of carbonyl (C=O) groups is 1. The summed E-state index contributed by atoms with van der Waals surface area (Å²) in [5.41, 5.74) is 5.07. The van der Waals surface area contributed by atoms with Crippen LogP contribution in [0.25, 0.3) is 0 Å². The van der Waals surface area contributed by atoms with Crippen LogP contribution in [-0.4, -0.2) is 29.4 Å². The Hall–Kier alpha value is -0.570. The van der Waals surface area contributed by atoms with Crippen molar-refractivity contribution in [1.82, 2.24) is 4.90 Å². The van der Waals surface area contributed by atoms with Gasteiger partial charge in [0, 0.05) is 18.5 Å². The van der Waals surface area contributed by atoms with Gasteiger partial charge in [-0.05, 0) is 40.7 Å². The van der Waals surface area contributed by atoms with E-state index in [4.69, 9.17) is 5.73 Å². The van der Waals surface area contributed by atoms with Crippen LogP contribution in [0, 0.1) is 0 Å². The lowest BCUT2D eigenvalue weighted by atomic mass is 10.2. The Morgan fingerprint density at radius 2 is 1.69 bits per heavy atom. The van der Waals surface area contributed by atoms with Crippen molar-refractivity contribution in [1.29, 1.82) is 0 Å². The number of nitrogens with two attached hydrogens (primary N) is 1. The molecule has 0 rings (SSSR count). The summed E-state index contributed by atoms with van der Waals surface area (Å²) >= 11 is 0. The fourth-order valence-corrected chi connectivity index (χ4v) is 1.55. The van der Waals surface area contributed by atoms with Crippen molar-refractivity contribution in [2.24, 2.45) is 5.73 Å². The Balaban J connectivity index is 3.77. The van der Waals surface area contributed by atoms with Crippen LogP contribution < -0.4 is 5.73 Å². The van der Waals surface area contributed by atoms with Crippen LogP contribution >= 0.6 is 0 Å². The maximum Gasteiger partial charge on any atom is 0.217 e. The average molecular weight is 186 g/mol. The normalized spacial score (nSPS) is 11.6. The largest absolute Gasteiger partial charge is 0.370 e. The maximum absolute atomic E-state index is 10.5. The number of primary amides is 1. The zero-order valence-electron chi connectivity index (χ0n) is 9.21. The molecule has 0 aliphatic rings. The Kier molecular flexibility index (Phi) is 5.71. The molecular weight excluding hydrogens is 164 g/mol. The van der Waals surface area contributed by atoms with Gasteiger partial charge in [0.05, 0.1) is 0 Å². The fourth-order valence-electron chi connectivity index (χ4n) is 1.55. The van der Waals surface area contributed by atoms with Crippen LogP contribution in [0.15, 0.2) is 0 Å². The van der Waals surface area contributed by atoms with Crippen molar-refractivity contribution in [3.8, 4) is 0 Å². The third kappa shape index (κ3) is 5.64. The molecule has 0 fully saturated rings. The van der Waals surface area contributed by atoms with Crippen LogP contribution in [0.3, 0.4) is 0 Å². The van der Waals surface area contributed by atoms with Crippen LogP contribution in [0.2, 0.25) is 0 Å². The average Bonchev–Trinajstić information content (AvgIpc) is 1.95. The fraction of sp³-hybridized carbons (Fsp3) is 0.900. The lowest BCUT2D eigenvalue weighted by Gasteiger charge is -2.30. The molecular formula is C10H22N2O. The van der Waals surface area contributed by atoms with Gasteiger partial charge in [-0.3, -0.25) is 9.69 Å². The molecule has 0 unspecified atom stereocenters. The number of rotatable bonds is 6. The molecule has 0 heterocycles. The first-order valence-corrected chi connectivity index (χ1v) is 4.99. The van der Waals surface area contributed by atoms with Gasteiger partial charge >= 0.3 is 0 Å². The molecule has 0 aromatic rings. The van der Waals surface area contributed by atoms with Crippen molar-refractivity contribution in [2.45, 2.75) is 52.6 Å². The highest BCUT2D eigenvalue weighted by Crippen LogP contribution is 2.06. The second kappa shape index (κ2) is 5.97. The summed E-state index contributed by atoms with van der Waals surface area (Å²) in [4.78, 5) is 12.9. The molecule has 0 spiro atoms. The van der Waals surface area contributed by atoms with E-state index in [1.807, 2.05) is 0 Å². The molecule has 3 heteroatoms. The molecule has 1 amide bonds. The van der Waals surface area contributed by atoms with E-state index < -0.39 is 0 Å². The van der Waals surface area contributed by atoms with Gasteiger partial charge in [0.25, 0.3) is 0 Å². The van der Waals surface area contributed by atoms with Crippen molar-refractivity contribution in [2.75, 3.05) is 6.54 Å². The molecule has 0 saturated carbocycles. The zero-order chi connectivity index (χ0) is 10.4. The lowest BCUT2D eigenvalue weighted by molar-refractivity contribution is -0.118. The Morgan fingerprint density at radius 3 is 2.00 bits per heavy atom. The highest BCUT2D eigenvalue weighted by atomic mass is 16.1. The van der Waals surface area contributed by atoms with Crippen LogP contribution in [-0.2, 0) is 4.79 Å². The summed E-state index contributed by atoms with van der Waals surface area (Å²) in [6.07, 6.45) is 1.36. The Morgan fingerprint density at radius 1 is 1.23 bits per heavy atom. The van der Waals surface area contributed by atoms with E-state index in [1.54, 1.807) is 0 Å². The molecule has 0 saturated heterocycles. The minimum atomic E-state index is -0.201. The monoisotopic (exact) mass is 186 g/mol. The topological polar surface area (TPSA) is 46.3 Å². The van der Waals surface area contributed by atoms with E-state index in [0.29, 0.717) is 18.5 Å². The van der Waals surface area contributed by atoms with Gasteiger partial charge in [0.2, 0.25) is 5.91 Å². The standard InChI is InChI=1S/C10H22N2O/c1-8(2)12(9(3)4)7-5-6-10(11)13/h8-9H,5-7H2,1-4H3,(H2,11,13). The van der Waals surface area contributed by atoms with Crippen molar-refractivity contribution >= 4 is 5.91 Å². The van der Waals surface area contributed by atoms with Crippen molar-refractivity contribution in [3.63, 3.8) is 0 Å². The van der Waals surface area contributed by atoms with Gasteiger partial charge in [-0.25, -0.2) is 0 Å². The molecule has 0 atom stereocenters. The van der Waals surface area contributed by atoms with E-state index >= 15 is 0 Å². The van der Waals surface area contributed by atoms with E-state index in [-0.39, 0.29) is 5.91 Å². The van der Waals surface area contributed by atoms with Crippen LogP contribution in [0.5, 0.6) is 0 Å². The summed E-state index contributed by atoms with van der Waals surface area (Å²) in [5, 5.41) is 0. The SMILES string of the molecule is CC(C)N(CCCC(N)=O)C(C)C. The summed E-state index contributed by atoms with van der Waals surface area (Å²) in [7, 11) is 0. The van der Waals surface area contributed by atoms with Crippen molar-refractivity contribution < 1.29 is 4.79 Å². The molecule has 3 nitrogen and oxygen atoms in total. The number of hydrogen-bond acceptors (Lipinski definition) is 2. The quantitative estimate of drug-likeness (QED) is 0.681. The van der Waals surface area contributed by atoms with Gasteiger partial charge in [-0.2, -0.15) is 0 Å². The van der Waals surface area contributed by atoms with Gasteiger partial charge in [-0.15, -0.1) is 0 Å². The lowest BCUT2D eigenvalue weighted by Crippen LogP contribution is -2.38. The summed E-state index contributed by atoms with van der Waals surface area (Å²) in [5.74, 6) is -0.201. The van der Waals surface area contributed by atoms with Crippen molar-refractivity contribution in [3.05, 3.63) is 0 Å².